The van der Waals surface area contributed by atoms with E-state index in [0.29, 0.717) is 54.4 Å². The number of aromatic nitrogens is 2. The van der Waals surface area contributed by atoms with Gasteiger partial charge in [-0.2, -0.15) is 0 Å². The number of likely N-dealkylation sites (N-methyl/N-ethyl adjacent to an activating group) is 1. The molecule has 1 aliphatic heterocycles. The summed E-state index contributed by atoms with van der Waals surface area (Å²) in [5.74, 6) is -1.09. The first-order valence-electron chi connectivity index (χ1n) is 12.8. The van der Waals surface area contributed by atoms with Gasteiger partial charge >= 0.3 is 0 Å². The average molecular weight is 586 g/mol. The first-order valence-corrected chi connectivity index (χ1v) is 14.1. The number of amides is 3. The number of nitrogens with zero attached hydrogens (tertiary/aromatic N) is 3. The van der Waals surface area contributed by atoms with Crippen molar-refractivity contribution in [2.75, 3.05) is 20.1 Å². The van der Waals surface area contributed by atoms with Crippen molar-refractivity contribution in [1.29, 1.82) is 5.41 Å². The quantitative estimate of drug-likeness (QED) is 0.118. The monoisotopic (exact) mass is 585 g/mol. The molecule has 212 valence electrons. The van der Waals surface area contributed by atoms with Crippen LogP contribution in [0.25, 0.3) is 10.9 Å². The molecule has 1 aromatic carbocycles. The Kier molecular flexibility index (Phi) is 9.50. The van der Waals surface area contributed by atoms with Crippen molar-refractivity contribution in [3.8, 4) is 0 Å². The van der Waals surface area contributed by atoms with E-state index in [1.54, 1.807) is 40.7 Å². The number of hydrogen-bond donors (Lipinski definition) is 6. The van der Waals surface area contributed by atoms with Crippen molar-refractivity contribution < 1.29 is 14.4 Å². The molecule has 2 aromatic heterocycles. The van der Waals surface area contributed by atoms with Gasteiger partial charge in [0.15, 0.2) is 5.96 Å². The lowest BCUT2D eigenvalue weighted by molar-refractivity contribution is -0.122. The number of unbranched alkanes of at least 4 members (excludes halogenated alkanes) is 1. The Morgan fingerprint density at radius 3 is 2.83 bits per heavy atom. The Morgan fingerprint density at radius 1 is 1.27 bits per heavy atom. The van der Waals surface area contributed by atoms with E-state index in [2.05, 4.69) is 25.9 Å². The lowest BCUT2D eigenvalue weighted by Crippen LogP contribution is -2.45. The number of pyridine rings is 1. The highest BCUT2D eigenvalue weighted by molar-refractivity contribution is 7.09. The van der Waals surface area contributed by atoms with Crippen LogP contribution in [0.2, 0.25) is 5.02 Å². The van der Waals surface area contributed by atoms with Gasteiger partial charge in [0.05, 0.1) is 16.6 Å². The number of guanidine groups is 1. The van der Waals surface area contributed by atoms with Crippen LogP contribution in [0.3, 0.4) is 0 Å². The highest BCUT2D eigenvalue weighted by Gasteiger charge is 2.37. The Balaban J connectivity index is 1.45. The SMILES string of the molecule is CNC(=O)C(CCCCNC(=N)N)NC(=O)c1csc([C@@H]2C[C@@H](N)CN2C(=O)c2ccc3ncc(Cl)cc3c2)n1. The summed E-state index contributed by atoms with van der Waals surface area (Å²) < 4.78 is 0. The molecule has 1 saturated heterocycles. The van der Waals surface area contributed by atoms with Crippen LogP contribution < -0.4 is 27.4 Å². The Bertz CT molecular complexity index is 1420. The Hall–Kier alpha value is -3.81. The fourth-order valence-corrected chi connectivity index (χ4v) is 5.74. The summed E-state index contributed by atoms with van der Waals surface area (Å²) in [5, 5.41) is 18.7. The van der Waals surface area contributed by atoms with Crippen molar-refractivity contribution in [3.63, 3.8) is 0 Å². The number of fused-ring (bicyclic) bond motifs is 1. The molecule has 1 unspecified atom stereocenters. The van der Waals surface area contributed by atoms with Crippen molar-refractivity contribution in [2.24, 2.45) is 11.5 Å². The maximum Gasteiger partial charge on any atom is 0.271 e. The molecule has 1 fully saturated rings. The second-order valence-corrected chi connectivity index (χ2v) is 10.9. The molecule has 0 aliphatic carbocycles. The summed E-state index contributed by atoms with van der Waals surface area (Å²) in [7, 11) is 1.51. The molecule has 0 saturated carbocycles. The van der Waals surface area contributed by atoms with Crippen molar-refractivity contribution in [2.45, 2.75) is 43.8 Å². The molecule has 0 spiro atoms. The van der Waals surface area contributed by atoms with Crippen molar-refractivity contribution in [3.05, 3.63) is 57.1 Å². The second-order valence-electron chi connectivity index (χ2n) is 9.58. The number of hydrogen-bond acceptors (Lipinski definition) is 8. The zero-order valence-electron chi connectivity index (χ0n) is 21.9. The Morgan fingerprint density at radius 2 is 2.08 bits per heavy atom. The number of halogens is 1. The number of benzene rings is 1. The molecule has 8 N–H and O–H groups in total. The van der Waals surface area contributed by atoms with Gasteiger partial charge in [0.2, 0.25) is 5.91 Å². The lowest BCUT2D eigenvalue weighted by atomic mass is 10.1. The zero-order valence-corrected chi connectivity index (χ0v) is 23.5. The van der Waals surface area contributed by atoms with Crippen molar-refractivity contribution >= 4 is 57.5 Å². The maximum absolute atomic E-state index is 13.5. The van der Waals surface area contributed by atoms with Gasteiger partial charge in [-0.05, 0) is 49.9 Å². The van der Waals surface area contributed by atoms with Crippen LogP contribution in [0.15, 0.2) is 35.8 Å². The fourth-order valence-electron chi connectivity index (χ4n) is 4.65. The third-order valence-corrected chi connectivity index (χ3v) is 7.78. The van der Waals surface area contributed by atoms with Gasteiger partial charge < -0.3 is 32.3 Å². The van der Waals surface area contributed by atoms with Gasteiger partial charge in [0.25, 0.3) is 11.8 Å². The van der Waals surface area contributed by atoms with Crippen LogP contribution in [0.4, 0.5) is 0 Å². The number of likely N-dealkylation sites (tertiary alicyclic amines) is 1. The molecular weight excluding hydrogens is 554 g/mol. The molecule has 1 aliphatic rings. The van der Waals surface area contributed by atoms with Crippen LogP contribution in [0.5, 0.6) is 0 Å². The minimum Gasteiger partial charge on any atom is -0.370 e. The molecule has 4 rings (SSSR count). The summed E-state index contributed by atoms with van der Waals surface area (Å²) in [6, 6.07) is 5.66. The highest BCUT2D eigenvalue weighted by Crippen LogP contribution is 2.35. The van der Waals surface area contributed by atoms with E-state index in [1.807, 2.05) is 0 Å². The minimum absolute atomic E-state index is 0.113. The molecule has 3 aromatic rings. The smallest absolute Gasteiger partial charge is 0.271 e. The van der Waals surface area contributed by atoms with Crippen LogP contribution in [-0.4, -0.2) is 70.8 Å². The van der Waals surface area contributed by atoms with E-state index in [0.717, 1.165) is 10.9 Å². The topological polar surface area (TPSA) is 192 Å². The van der Waals surface area contributed by atoms with Crippen LogP contribution in [0, 0.1) is 5.41 Å². The summed E-state index contributed by atoms with van der Waals surface area (Å²) in [6.07, 6.45) is 3.79. The van der Waals surface area contributed by atoms with Gasteiger partial charge in [0.1, 0.15) is 16.7 Å². The summed E-state index contributed by atoms with van der Waals surface area (Å²) in [6.45, 7) is 0.857. The number of thiazole rings is 1. The normalized spacial score (nSPS) is 17.4. The first-order chi connectivity index (χ1) is 19.2. The molecule has 0 bridgehead atoms. The average Bonchev–Trinajstić information content (AvgIpc) is 3.57. The first kappa shape index (κ1) is 29.2. The molecule has 3 heterocycles. The predicted molar refractivity (Wildman–Crippen MR) is 154 cm³/mol. The van der Waals surface area contributed by atoms with Crippen molar-refractivity contribution in [1.82, 2.24) is 30.8 Å². The standard InChI is InChI=1S/C26H32ClN9O3S/c1-31-22(37)19(4-2-3-7-32-26(29)30)34-23(38)20-13-40-24(35-20)21-10-17(28)12-36(21)25(39)14-5-6-18-15(8-14)9-16(27)11-33-18/h5-6,8-9,11,13,17,19,21H,2-4,7,10,12,28H2,1H3,(H,31,37)(H,34,38)(H4,29,30,32)/t17-,19?,21+/m1/s1. The minimum atomic E-state index is -0.742. The molecule has 0 radical (unpaired) electrons. The fraction of sp³-hybridized carbons (Fsp3) is 0.385. The van der Waals surface area contributed by atoms with Crippen LogP contribution in [0.1, 0.15) is 57.6 Å². The lowest BCUT2D eigenvalue weighted by Gasteiger charge is -2.23. The van der Waals surface area contributed by atoms with Gasteiger partial charge in [0, 0.05) is 48.7 Å². The van der Waals surface area contributed by atoms with Gasteiger partial charge in [-0.25, -0.2) is 4.98 Å². The molecule has 3 amide bonds. The number of rotatable bonds is 10. The predicted octanol–water partition coefficient (Wildman–Crippen LogP) is 1.76. The summed E-state index contributed by atoms with van der Waals surface area (Å²) >= 11 is 7.36. The van der Waals surface area contributed by atoms with Crippen LogP contribution >= 0.6 is 22.9 Å². The van der Waals surface area contributed by atoms with E-state index >= 15 is 0 Å². The van der Waals surface area contributed by atoms with E-state index in [9.17, 15) is 14.4 Å². The number of carbonyl (C=O) groups is 3. The Labute approximate surface area is 240 Å². The van der Waals surface area contributed by atoms with Crippen LogP contribution in [-0.2, 0) is 4.79 Å². The van der Waals surface area contributed by atoms with E-state index in [1.165, 1.54) is 18.4 Å². The molecule has 3 atom stereocenters. The molecule has 40 heavy (non-hydrogen) atoms. The second kappa shape index (κ2) is 13.0. The number of nitrogens with two attached hydrogens (primary N) is 2. The van der Waals surface area contributed by atoms with E-state index < -0.39 is 11.9 Å². The third-order valence-electron chi connectivity index (χ3n) is 6.63. The molecular formula is C26H32ClN9O3S. The van der Waals surface area contributed by atoms with E-state index in [4.69, 9.17) is 28.5 Å². The molecule has 14 heteroatoms. The highest BCUT2D eigenvalue weighted by atomic mass is 35.5. The van der Waals surface area contributed by atoms with Gasteiger partial charge in [-0.3, -0.25) is 24.8 Å². The number of carbonyl (C=O) groups excluding carboxylic acids is 3. The summed E-state index contributed by atoms with van der Waals surface area (Å²) in [4.78, 5) is 49.4. The third kappa shape index (κ3) is 7.03. The number of nitrogens with one attached hydrogen (secondary N) is 4. The summed E-state index contributed by atoms with van der Waals surface area (Å²) in [5.41, 5.74) is 12.9. The molecule has 12 nitrogen and oxygen atoms in total. The zero-order chi connectivity index (χ0) is 28.8. The largest absolute Gasteiger partial charge is 0.370 e. The van der Waals surface area contributed by atoms with Gasteiger partial charge in [-0.15, -0.1) is 11.3 Å². The van der Waals surface area contributed by atoms with Gasteiger partial charge in [-0.1, -0.05) is 11.6 Å². The maximum atomic E-state index is 13.5. The van der Waals surface area contributed by atoms with E-state index in [-0.39, 0.29) is 35.6 Å².